The summed E-state index contributed by atoms with van der Waals surface area (Å²) in [4.78, 5) is 34.0. The van der Waals surface area contributed by atoms with Crippen molar-refractivity contribution in [3.63, 3.8) is 0 Å². The highest BCUT2D eigenvalue weighted by atomic mass is 19.1. The first-order valence-electron chi connectivity index (χ1n) is 7.05. The second-order valence-electron chi connectivity index (χ2n) is 5.15. The molecule has 0 aromatic heterocycles. The van der Waals surface area contributed by atoms with Crippen LogP contribution in [0.5, 0.6) is 0 Å². The van der Waals surface area contributed by atoms with E-state index in [4.69, 9.17) is 4.74 Å². The maximum atomic E-state index is 12.8. The van der Waals surface area contributed by atoms with E-state index in [2.05, 4.69) is 0 Å². The zero-order chi connectivity index (χ0) is 17.7. The molecule has 0 fully saturated rings. The van der Waals surface area contributed by atoms with E-state index in [0.717, 1.165) is 6.07 Å². The molecule has 0 aliphatic rings. The number of nitrogens with zero attached hydrogens (tertiary/aromatic N) is 1. The predicted molar refractivity (Wildman–Crippen MR) is 83.2 cm³/mol. The van der Waals surface area contributed by atoms with Crippen LogP contribution in [-0.2, 0) is 16.0 Å². The molecule has 0 saturated heterocycles. The quantitative estimate of drug-likeness (QED) is 0.351. The van der Waals surface area contributed by atoms with Crippen molar-refractivity contribution < 1.29 is 23.6 Å². The number of ketones is 1. The number of esters is 1. The van der Waals surface area contributed by atoms with Gasteiger partial charge in [-0.15, -0.1) is 0 Å². The topological polar surface area (TPSA) is 86.5 Å². The molecule has 0 spiro atoms. The number of hydrogen-bond acceptors (Lipinski definition) is 5. The first kappa shape index (κ1) is 17.3. The van der Waals surface area contributed by atoms with Gasteiger partial charge in [0.25, 0.3) is 5.69 Å². The lowest BCUT2D eigenvalue weighted by atomic mass is 10.1. The van der Waals surface area contributed by atoms with E-state index in [1.165, 1.54) is 36.4 Å². The van der Waals surface area contributed by atoms with Gasteiger partial charge in [-0.2, -0.15) is 0 Å². The van der Waals surface area contributed by atoms with Crippen LogP contribution in [0.1, 0.15) is 21.5 Å². The molecule has 0 radical (unpaired) electrons. The molecule has 0 amide bonds. The average Bonchev–Trinajstić information content (AvgIpc) is 2.55. The standard InChI is InChI=1S/C17H14FNO5/c1-11-2-5-13(9-15(11)19(22)23)16(20)10-24-17(21)8-12-3-6-14(18)7-4-12/h2-7,9H,8,10H2,1H3. The van der Waals surface area contributed by atoms with Crippen molar-refractivity contribution in [3.8, 4) is 0 Å². The normalized spacial score (nSPS) is 10.2. The fourth-order valence-corrected chi connectivity index (χ4v) is 2.03. The molecule has 0 bridgehead atoms. The van der Waals surface area contributed by atoms with E-state index < -0.39 is 29.1 Å². The van der Waals surface area contributed by atoms with E-state index in [9.17, 15) is 24.1 Å². The highest BCUT2D eigenvalue weighted by molar-refractivity contribution is 5.98. The summed E-state index contributed by atoms with van der Waals surface area (Å²) >= 11 is 0. The third kappa shape index (κ3) is 4.45. The number of nitro groups is 1. The van der Waals surface area contributed by atoms with Gasteiger partial charge < -0.3 is 4.74 Å². The van der Waals surface area contributed by atoms with Gasteiger partial charge in [-0.1, -0.05) is 24.3 Å². The first-order chi connectivity index (χ1) is 11.4. The molecule has 0 saturated carbocycles. The molecular formula is C17H14FNO5. The summed E-state index contributed by atoms with van der Waals surface area (Å²) in [5.74, 6) is -1.59. The number of carbonyl (C=O) groups is 2. The molecule has 0 aliphatic heterocycles. The minimum absolute atomic E-state index is 0.0956. The van der Waals surface area contributed by atoms with Crippen LogP contribution in [0, 0.1) is 22.9 Å². The summed E-state index contributed by atoms with van der Waals surface area (Å²) in [6.45, 7) is 1.05. The zero-order valence-electron chi connectivity index (χ0n) is 12.8. The van der Waals surface area contributed by atoms with Gasteiger partial charge in [0.2, 0.25) is 5.78 Å². The number of aryl methyl sites for hydroxylation is 1. The summed E-state index contributed by atoms with van der Waals surface area (Å²) in [6.07, 6.45) is -0.0956. The molecule has 0 heterocycles. The Morgan fingerprint density at radius 1 is 1.17 bits per heavy atom. The van der Waals surface area contributed by atoms with Gasteiger partial charge in [-0.3, -0.25) is 19.7 Å². The fourth-order valence-electron chi connectivity index (χ4n) is 2.03. The number of benzene rings is 2. The van der Waals surface area contributed by atoms with Crippen molar-refractivity contribution in [1.29, 1.82) is 0 Å². The molecule has 124 valence electrons. The SMILES string of the molecule is Cc1ccc(C(=O)COC(=O)Cc2ccc(F)cc2)cc1[N+](=O)[O-]. The number of hydrogen-bond donors (Lipinski definition) is 0. The molecule has 0 atom stereocenters. The Hall–Kier alpha value is -3.09. The molecule has 0 unspecified atom stereocenters. The van der Waals surface area contributed by atoms with Crippen LogP contribution in [0.4, 0.5) is 10.1 Å². The molecule has 0 N–H and O–H groups in total. The van der Waals surface area contributed by atoms with Crippen LogP contribution in [0.25, 0.3) is 0 Å². The molecular weight excluding hydrogens is 317 g/mol. The highest BCUT2D eigenvalue weighted by Crippen LogP contribution is 2.19. The molecule has 0 aliphatic carbocycles. The molecule has 6 nitrogen and oxygen atoms in total. The lowest BCUT2D eigenvalue weighted by Gasteiger charge is -2.05. The third-order valence-corrected chi connectivity index (χ3v) is 3.35. The molecule has 24 heavy (non-hydrogen) atoms. The van der Waals surface area contributed by atoms with Crippen LogP contribution in [0.15, 0.2) is 42.5 Å². The number of halogens is 1. The Morgan fingerprint density at radius 2 is 1.83 bits per heavy atom. The van der Waals surface area contributed by atoms with Crippen LogP contribution in [0.3, 0.4) is 0 Å². The lowest BCUT2D eigenvalue weighted by molar-refractivity contribution is -0.385. The largest absolute Gasteiger partial charge is 0.457 e. The number of carbonyl (C=O) groups excluding carboxylic acids is 2. The van der Waals surface area contributed by atoms with Gasteiger partial charge in [-0.05, 0) is 24.6 Å². The third-order valence-electron chi connectivity index (χ3n) is 3.35. The van der Waals surface area contributed by atoms with Crippen molar-refractivity contribution in [2.24, 2.45) is 0 Å². The van der Waals surface area contributed by atoms with Crippen molar-refractivity contribution in [2.45, 2.75) is 13.3 Å². The molecule has 2 aromatic carbocycles. The summed E-state index contributed by atoms with van der Waals surface area (Å²) in [5, 5.41) is 10.9. The molecule has 7 heteroatoms. The number of rotatable bonds is 6. The molecule has 2 aromatic rings. The number of nitro benzene ring substituents is 1. The minimum Gasteiger partial charge on any atom is -0.457 e. The van der Waals surface area contributed by atoms with Gasteiger partial charge >= 0.3 is 5.97 Å². The monoisotopic (exact) mass is 331 g/mol. The van der Waals surface area contributed by atoms with E-state index in [1.807, 2.05) is 0 Å². The number of Topliss-reactive ketones (excluding diaryl/α,β-unsaturated/α-hetero) is 1. The second kappa shape index (κ2) is 7.45. The van der Waals surface area contributed by atoms with Gasteiger partial charge in [0.15, 0.2) is 6.61 Å². The Labute approximate surface area is 137 Å². The summed E-state index contributed by atoms with van der Waals surface area (Å²) in [7, 11) is 0. The smallest absolute Gasteiger partial charge is 0.310 e. The minimum atomic E-state index is -0.642. The van der Waals surface area contributed by atoms with Gasteiger partial charge in [-0.25, -0.2) is 4.39 Å². The van der Waals surface area contributed by atoms with Crippen LogP contribution >= 0.6 is 0 Å². The van der Waals surface area contributed by atoms with E-state index in [0.29, 0.717) is 11.1 Å². The van der Waals surface area contributed by atoms with Crippen LogP contribution in [-0.4, -0.2) is 23.3 Å². The Morgan fingerprint density at radius 3 is 2.46 bits per heavy atom. The highest BCUT2D eigenvalue weighted by Gasteiger charge is 2.16. The number of ether oxygens (including phenoxy) is 1. The van der Waals surface area contributed by atoms with Gasteiger partial charge in [0.1, 0.15) is 5.82 Å². The van der Waals surface area contributed by atoms with Crippen LogP contribution in [0.2, 0.25) is 0 Å². The van der Waals surface area contributed by atoms with E-state index in [1.54, 1.807) is 6.92 Å². The van der Waals surface area contributed by atoms with Crippen molar-refractivity contribution in [1.82, 2.24) is 0 Å². The maximum Gasteiger partial charge on any atom is 0.310 e. The maximum absolute atomic E-state index is 12.8. The van der Waals surface area contributed by atoms with Crippen molar-refractivity contribution in [2.75, 3.05) is 6.61 Å². The summed E-state index contributed by atoms with van der Waals surface area (Å²) < 4.78 is 17.6. The first-order valence-corrected chi connectivity index (χ1v) is 7.05. The van der Waals surface area contributed by atoms with Gasteiger partial charge in [0.05, 0.1) is 11.3 Å². The Bertz CT molecular complexity index is 786. The van der Waals surface area contributed by atoms with E-state index >= 15 is 0 Å². The predicted octanol–water partition coefficient (Wildman–Crippen LogP) is 3.01. The van der Waals surface area contributed by atoms with Crippen molar-refractivity contribution >= 4 is 17.4 Å². The van der Waals surface area contributed by atoms with E-state index in [-0.39, 0.29) is 17.7 Å². The average molecular weight is 331 g/mol. The Kier molecular flexibility index (Phi) is 5.36. The molecule has 2 rings (SSSR count). The second-order valence-corrected chi connectivity index (χ2v) is 5.15. The fraction of sp³-hybridized carbons (Fsp3) is 0.176. The zero-order valence-corrected chi connectivity index (χ0v) is 12.8. The summed E-state index contributed by atoms with van der Waals surface area (Å²) in [6, 6.07) is 9.40. The lowest BCUT2D eigenvalue weighted by Crippen LogP contribution is -2.16. The van der Waals surface area contributed by atoms with Crippen LogP contribution < -0.4 is 0 Å². The Balaban J connectivity index is 1.95. The van der Waals surface area contributed by atoms with Gasteiger partial charge in [0, 0.05) is 17.2 Å². The van der Waals surface area contributed by atoms with Crippen molar-refractivity contribution in [3.05, 3.63) is 75.1 Å². The summed E-state index contributed by atoms with van der Waals surface area (Å²) in [5.41, 5.74) is 0.921.